The molecule has 2 fully saturated rings. The fourth-order valence-electron chi connectivity index (χ4n) is 3.48. The molecule has 3 rings (SSSR count). The Kier molecular flexibility index (Phi) is 5.38. The van der Waals surface area contributed by atoms with Crippen molar-refractivity contribution in [3.8, 4) is 5.75 Å². The molecule has 2 aliphatic rings. The minimum atomic E-state index is -0.392. The lowest BCUT2D eigenvalue weighted by Gasteiger charge is -2.20. The molecule has 5 nitrogen and oxygen atoms in total. The number of carbonyl (C=O) groups excluding carboxylic acids is 2. The highest BCUT2D eigenvalue weighted by atomic mass is 16.5. The summed E-state index contributed by atoms with van der Waals surface area (Å²) >= 11 is 0. The summed E-state index contributed by atoms with van der Waals surface area (Å²) in [6.45, 7) is 2.04. The summed E-state index contributed by atoms with van der Waals surface area (Å²) in [5.41, 5.74) is 1.06. The summed E-state index contributed by atoms with van der Waals surface area (Å²) in [6, 6.07) is 7.57. The van der Waals surface area contributed by atoms with Crippen LogP contribution in [0.15, 0.2) is 24.3 Å². The normalized spacial score (nSPS) is 22.2. The summed E-state index contributed by atoms with van der Waals surface area (Å²) in [5, 5.41) is 5.76. The molecular weight excluding hydrogens is 304 g/mol. The summed E-state index contributed by atoms with van der Waals surface area (Å²) in [6.07, 6.45) is 6.95. The van der Waals surface area contributed by atoms with Crippen molar-refractivity contribution < 1.29 is 14.3 Å². The lowest BCUT2D eigenvalue weighted by Crippen LogP contribution is -2.42. The van der Waals surface area contributed by atoms with Crippen molar-refractivity contribution in [2.24, 2.45) is 0 Å². The average Bonchev–Trinajstić information content (AvgIpc) is 3.25. The smallest absolute Gasteiger partial charge is 0.243 e. The van der Waals surface area contributed by atoms with Crippen molar-refractivity contribution in [2.45, 2.75) is 70.1 Å². The van der Waals surface area contributed by atoms with E-state index in [1.165, 1.54) is 12.8 Å². The number of amides is 2. The van der Waals surface area contributed by atoms with E-state index in [1.807, 2.05) is 31.2 Å². The molecule has 130 valence electrons. The van der Waals surface area contributed by atoms with E-state index in [0.29, 0.717) is 18.9 Å². The lowest BCUT2D eigenvalue weighted by atomic mass is 10.0. The van der Waals surface area contributed by atoms with Crippen LogP contribution >= 0.6 is 0 Å². The summed E-state index contributed by atoms with van der Waals surface area (Å²) in [7, 11) is 0. The molecule has 0 spiro atoms. The molecule has 1 aromatic rings. The Morgan fingerprint density at radius 3 is 2.54 bits per heavy atom. The van der Waals surface area contributed by atoms with E-state index in [9.17, 15) is 9.59 Å². The fraction of sp³-hybridized carbons (Fsp3) is 0.579. The molecule has 1 heterocycles. The standard InChI is InChI=1S/C19H26N2O3/c1-2-16(21-19(23)17-11-12-18(22)20-17)13-7-9-15(10-8-13)24-14-5-3-4-6-14/h7-10,14,16-17H,2-6,11-12H2,1H3,(H,20,22)(H,21,23)/t16-,17+/m0/s1. The van der Waals surface area contributed by atoms with Gasteiger partial charge in [-0.25, -0.2) is 0 Å². The molecule has 0 radical (unpaired) electrons. The first-order valence-electron chi connectivity index (χ1n) is 9.02. The second-order valence-electron chi connectivity index (χ2n) is 6.72. The average molecular weight is 330 g/mol. The van der Waals surface area contributed by atoms with Gasteiger partial charge in [-0.15, -0.1) is 0 Å². The van der Waals surface area contributed by atoms with Gasteiger partial charge in [0.25, 0.3) is 0 Å². The van der Waals surface area contributed by atoms with Crippen LogP contribution in [0.3, 0.4) is 0 Å². The Bertz CT molecular complexity index is 579. The van der Waals surface area contributed by atoms with Gasteiger partial charge in [-0.1, -0.05) is 19.1 Å². The zero-order valence-electron chi connectivity index (χ0n) is 14.2. The predicted molar refractivity (Wildman–Crippen MR) is 91.7 cm³/mol. The highest BCUT2D eigenvalue weighted by Gasteiger charge is 2.28. The lowest BCUT2D eigenvalue weighted by molar-refractivity contribution is -0.126. The Labute approximate surface area is 143 Å². The Balaban J connectivity index is 1.58. The monoisotopic (exact) mass is 330 g/mol. The highest BCUT2D eigenvalue weighted by molar-refractivity contribution is 5.90. The molecule has 24 heavy (non-hydrogen) atoms. The third kappa shape index (κ3) is 4.08. The van der Waals surface area contributed by atoms with Crippen molar-refractivity contribution in [2.75, 3.05) is 0 Å². The van der Waals surface area contributed by atoms with Gasteiger partial charge in [-0.2, -0.15) is 0 Å². The molecular formula is C19H26N2O3. The highest BCUT2D eigenvalue weighted by Crippen LogP contribution is 2.26. The molecule has 1 aliphatic heterocycles. The molecule has 0 bridgehead atoms. The minimum absolute atomic E-state index is 0.0448. The summed E-state index contributed by atoms with van der Waals surface area (Å²) in [5.74, 6) is 0.755. The van der Waals surface area contributed by atoms with Gasteiger partial charge in [0.05, 0.1) is 12.1 Å². The van der Waals surface area contributed by atoms with Crippen molar-refractivity contribution in [1.29, 1.82) is 0 Å². The molecule has 1 saturated heterocycles. The van der Waals surface area contributed by atoms with Crippen molar-refractivity contribution in [3.05, 3.63) is 29.8 Å². The number of hydrogen-bond donors (Lipinski definition) is 2. The maximum absolute atomic E-state index is 12.3. The van der Waals surface area contributed by atoms with Crippen LogP contribution < -0.4 is 15.4 Å². The van der Waals surface area contributed by atoms with Crippen LogP contribution in [-0.2, 0) is 9.59 Å². The van der Waals surface area contributed by atoms with E-state index in [1.54, 1.807) is 0 Å². The van der Waals surface area contributed by atoms with Gasteiger partial charge >= 0.3 is 0 Å². The van der Waals surface area contributed by atoms with Crippen molar-refractivity contribution in [3.63, 3.8) is 0 Å². The number of nitrogens with one attached hydrogen (secondary N) is 2. The Morgan fingerprint density at radius 2 is 1.96 bits per heavy atom. The zero-order valence-corrected chi connectivity index (χ0v) is 14.2. The summed E-state index contributed by atoms with van der Waals surface area (Å²) < 4.78 is 5.98. The molecule has 2 atom stereocenters. The molecule has 5 heteroatoms. The first-order chi connectivity index (χ1) is 11.7. The second kappa shape index (κ2) is 7.69. The van der Waals surface area contributed by atoms with Crippen molar-refractivity contribution >= 4 is 11.8 Å². The number of carbonyl (C=O) groups is 2. The van der Waals surface area contributed by atoms with Gasteiger partial charge < -0.3 is 15.4 Å². The summed E-state index contributed by atoms with van der Waals surface area (Å²) in [4.78, 5) is 23.5. The van der Waals surface area contributed by atoms with Crippen LogP contribution in [0.4, 0.5) is 0 Å². The molecule has 1 aliphatic carbocycles. The van der Waals surface area contributed by atoms with Crippen LogP contribution in [0.2, 0.25) is 0 Å². The first kappa shape index (κ1) is 16.8. The first-order valence-corrected chi connectivity index (χ1v) is 9.02. The van der Waals surface area contributed by atoms with Crippen LogP contribution in [-0.4, -0.2) is 24.0 Å². The van der Waals surface area contributed by atoms with Crippen LogP contribution in [0.5, 0.6) is 5.75 Å². The Hall–Kier alpha value is -2.04. The third-order valence-electron chi connectivity index (χ3n) is 4.92. The van der Waals surface area contributed by atoms with Gasteiger partial charge in [0.1, 0.15) is 11.8 Å². The van der Waals surface area contributed by atoms with Crippen molar-refractivity contribution in [1.82, 2.24) is 10.6 Å². The van der Waals surface area contributed by atoms with E-state index in [0.717, 1.165) is 30.6 Å². The van der Waals surface area contributed by atoms with E-state index in [-0.39, 0.29) is 17.9 Å². The molecule has 1 saturated carbocycles. The number of hydrogen-bond acceptors (Lipinski definition) is 3. The predicted octanol–water partition coefficient (Wildman–Crippen LogP) is 2.85. The third-order valence-corrected chi connectivity index (χ3v) is 4.92. The molecule has 2 amide bonds. The van der Waals surface area contributed by atoms with Crippen LogP contribution in [0.1, 0.15) is 63.5 Å². The SMILES string of the molecule is CC[C@H](NC(=O)[C@H]1CCC(=O)N1)c1ccc(OC2CCCC2)cc1. The van der Waals surface area contributed by atoms with Gasteiger partial charge in [0, 0.05) is 6.42 Å². The van der Waals surface area contributed by atoms with E-state index < -0.39 is 6.04 Å². The number of rotatable bonds is 6. The second-order valence-corrected chi connectivity index (χ2v) is 6.72. The van der Waals surface area contributed by atoms with Gasteiger partial charge in [-0.05, 0) is 56.2 Å². The number of ether oxygens (including phenoxy) is 1. The molecule has 0 unspecified atom stereocenters. The van der Waals surface area contributed by atoms with E-state index in [2.05, 4.69) is 10.6 Å². The quantitative estimate of drug-likeness (QED) is 0.843. The van der Waals surface area contributed by atoms with Crippen LogP contribution in [0.25, 0.3) is 0 Å². The maximum Gasteiger partial charge on any atom is 0.243 e. The van der Waals surface area contributed by atoms with E-state index >= 15 is 0 Å². The zero-order chi connectivity index (χ0) is 16.9. The Morgan fingerprint density at radius 1 is 1.25 bits per heavy atom. The minimum Gasteiger partial charge on any atom is -0.490 e. The topological polar surface area (TPSA) is 67.4 Å². The van der Waals surface area contributed by atoms with E-state index in [4.69, 9.17) is 4.74 Å². The van der Waals surface area contributed by atoms with Gasteiger partial charge in [-0.3, -0.25) is 9.59 Å². The fourth-order valence-corrected chi connectivity index (χ4v) is 3.48. The molecule has 0 aromatic heterocycles. The van der Waals surface area contributed by atoms with Crippen LogP contribution in [0, 0.1) is 0 Å². The number of benzene rings is 1. The largest absolute Gasteiger partial charge is 0.490 e. The molecule has 1 aromatic carbocycles. The maximum atomic E-state index is 12.3. The van der Waals surface area contributed by atoms with Gasteiger partial charge in [0.15, 0.2) is 0 Å². The molecule has 2 N–H and O–H groups in total. The van der Waals surface area contributed by atoms with Gasteiger partial charge in [0.2, 0.25) is 11.8 Å².